The van der Waals surface area contributed by atoms with E-state index in [0.29, 0.717) is 17.9 Å². The Morgan fingerprint density at radius 2 is 1.84 bits per heavy atom. The number of nitrogens with one attached hydrogen (secondary N) is 1. The second-order valence-electron chi connectivity index (χ2n) is 7.11. The highest BCUT2D eigenvalue weighted by molar-refractivity contribution is 6.07. The van der Waals surface area contributed by atoms with Gasteiger partial charge in [-0.2, -0.15) is 5.10 Å². The maximum atomic E-state index is 13.0. The van der Waals surface area contributed by atoms with Crippen LogP contribution in [0, 0.1) is 6.92 Å². The fraction of sp³-hybridized carbons (Fsp3) is 0.115. The Hall–Kier alpha value is -3.99. The van der Waals surface area contributed by atoms with Crippen LogP contribution in [0.5, 0.6) is 5.75 Å². The average molecular weight is 409 g/mol. The first-order chi connectivity index (χ1) is 15.2. The molecule has 0 saturated heterocycles. The van der Waals surface area contributed by atoms with Crippen LogP contribution in [0.15, 0.2) is 84.0 Å². The third kappa shape index (κ3) is 4.61. The summed E-state index contributed by atoms with van der Waals surface area (Å²) < 4.78 is 5.76. The summed E-state index contributed by atoms with van der Waals surface area (Å²) in [5.74, 6) is 0.439. The lowest BCUT2D eigenvalue weighted by atomic mass is 10.0. The summed E-state index contributed by atoms with van der Waals surface area (Å²) in [6.45, 7) is 4.50. The van der Waals surface area contributed by atoms with Crippen molar-refractivity contribution < 1.29 is 9.53 Å². The number of fused-ring (bicyclic) bond motifs is 1. The Bertz CT molecular complexity index is 1260. The number of hydrogen-bond donors (Lipinski definition) is 1. The molecule has 0 unspecified atom stereocenters. The Morgan fingerprint density at radius 3 is 2.68 bits per heavy atom. The minimum Gasteiger partial charge on any atom is -0.493 e. The van der Waals surface area contributed by atoms with Crippen molar-refractivity contribution in [2.24, 2.45) is 5.10 Å². The molecule has 1 aromatic heterocycles. The third-order valence-corrected chi connectivity index (χ3v) is 4.85. The molecule has 0 aliphatic rings. The van der Waals surface area contributed by atoms with E-state index < -0.39 is 0 Å². The summed E-state index contributed by atoms with van der Waals surface area (Å²) >= 11 is 0. The SMILES string of the molecule is CCOc1ccccc1-c1cc(C(=O)NN=Cc2cccc(C)c2)c2ccccc2n1. The van der Waals surface area contributed by atoms with Gasteiger partial charge in [0.2, 0.25) is 0 Å². The molecule has 0 radical (unpaired) electrons. The van der Waals surface area contributed by atoms with Gasteiger partial charge in [0.05, 0.1) is 29.6 Å². The standard InChI is InChI=1S/C26H23N3O2/c1-3-31-25-14-7-5-12-21(25)24-16-22(20-11-4-6-13-23(20)28-24)26(30)29-27-17-19-10-8-9-18(2)15-19/h4-17H,3H2,1-2H3,(H,29,30). The number of benzene rings is 3. The van der Waals surface area contributed by atoms with Crippen LogP contribution in [0.25, 0.3) is 22.2 Å². The maximum absolute atomic E-state index is 13.0. The summed E-state index contributed by atoms with van der Waals surface area (Å²) in [5, 5.41) is 4.91. The molecular weight excluding hydrogens is 386 g/mol. The summed E-state index contributed by atoms with van der Waals surface area (Å²) in [5.41, 5.74) is 7.46. The number of carbonyl (C=O) groups excluding carboxylic acids is 1. The van der Waals surface area contributed by atoms with Crippen LogP contribution >= 0.6 is 0 Å². The third-order valence-electron chi connectivity index (χ3n) is 4.85. The number of pyridine rings is 1. The molecule has 0 spiro atoms. The second-order valence-corrected chi connectivity index (χ2v) is 7.11. The van der Waals surface area contributed by atoms with E-state index >= 15 is 0 Å². The van der Waals surface area contributed by atoms with Crippen molar-refractivity contribution in [1.29, 1.82) is 0 Å². The zero-order valence-corrected chi connectivity index (χ0v) is 17.5. The van der Waals surface area contributed by atoms with E-state index in [0.717, 1.165) is 33.3 Å². The molecule has 0 aliphatic carbocycles. The largest absolute Gasteiger partial charge is 0.493 e. The number of amides is 1. The number of rotatable bonds is 6. The molecule has 5 nitrogen and oxygen atoms in total. The van der Waals surface area contributed by atoms with E-state index in [9.17, 15) is 4.79 Å². The molecule has 3 aromatic carbocycles. The van der Waals surface area contributed by atoms with E-state index in [1.165, 1.54) is 0 Å². The molecule has 0 atom stereocenters. The molecule has 4 rings (SSSR count). The zero-order chi connectivity index (χ0) is 21.6. The van der Waals surface area contributed by atoms with Gasteiger partial charge in [-0.05, 0) is 43.7 Å². The van der Waals surface area contributed by atoms with Gasteiger partial charge in [-0.25, -0.2) is 10.4 Å². The summed E-state index contributed by atoms with van der Waals surface area (Å²) in [4.78, 5) is 17.8. The van der Waals surface area contributed by atoms with E-state index in [-0.39, 0.29) is 5.91 Å². The molecule has 1 N–H and O–H groups in total. The van der Waals surface area contributed by atoms with Gasteiger partial charge in [-0.3, -0.25) is 4.79 Å². The monoisotopic (exact) mass is 409 g/mol. The highest BCUT2D eigenvalue weighted by Crippen LogP contribution is 2.31. The van der Waals surface area contributed by atoms with Gasteiger partial charge in [-0.15, -0.1) is 0 Å². The maximum Gasteiger partial charge on any atom is 0.272 e. The fourth-order valence-corrected chi connectivity index (χ4v) is 3.44. The summed E-state index contributed by atoms with van der Waals surface area (Å²) in [6, 6.07) is 25.0. The number of hydrogen-bond acceptors (Lipinski definition) is 4. The lowest BCUT2D eigenvalue weighted by Crippen LogP contribution is -2.18. The molecule has 154 valence electrons. The first-order valence-electron chi connectivity index (χ1n) is 10.2. The van der Waals surface area contributed by atoms with Crippen LogP contribution in [-0.2, 0) is 0 Å². The normalized spacial score (nSPS) is 11.0. The average Bonchev–Trinajstić information content (AvgIpc) is 2.79. The van der Waals surface area contributed by atoms with Gasteiger partial charge in [-0.1, -0.05) is 60.2 Å². The van der Waals surface area contributed by atoms with E-state index in [1.807, 2.05) is 86.6 Å². The van der Waals surface area contributed by atoms with Crippen LogP contribution in [0.1, 0.15) is 28.4 Å². The van der Waals surface area contributed by atoms with Crippen molar-refractivity contribution in [2.75, 3.05) is 6.61 Å². The molecular formula is C26H23N3O2. The smallest absolute Gasteiger partial charge is 0.272 e. The second kappa shape index (κ2) is 9.22. The topological polar surface area (TPSA) is 63.6 Å². The van der Waals surface area contributed by atoms with Crippen LogP contribution in [-0.4, -0.2) is 23.7 Å². The van der Waals surface area contributed by atoms with Crippen molar-refractivity contribution >= 4 is 23.0 Å². The molecule has 0 bridgehead atoms. The van der Waals surface area contributed by atoms with Crippen molar-refractivity contribution in [3.05, 3.63) is 95.6 Å². The first-order valence-corrected chi connectivity index (χ1v) is 10.2. The van der Waals surface area contributed by atoms with Crippen molar-refractivity contribution in [1.82, 2.24) is 10.4 Å². The van der Waals surface area contributed by atoms with Gasteiger partial charge < -0.3 is 4.74 Å². The lowest BCUT2D eigenvalue weighted by Gasteiger charge is -2.12. The number of hydrazone groups is 1. The molecule has 1 heterocycles. The first kappa shape index (κ1) is 20.3. The summed E-state index contributed by atoms with van der Waals surface area (Å²) in [6.07, 6.45) is 1.64. The van der Waals surface area contributed by atoms with Crippen LogP contribution in [0.4, 0.5) is 0 Å². The summed E-state index contributed by atoms with van der Waals surface area (Å²) in [7, 11) is 0. The van der Waals surface area contributed by atoms with Gasteiger partial charge in [0, 0.05) is 10.9 Å². The number of ether oxygens (including phenoxy) is 1. The molecule has 5 heteroatoms. The predicted molar refractivity (Wildman–Crippen MR) is 125 cm³/mol. The Morgan fingerprint density at radius 1 is 1.03 bits per heavy atom. The Kier molecular flexibility index (Phi) is 6.03. The number of aromatic nitrogens is 1. The van der Waals surface area contributed by atoms with Gasteiger partial charge in [0.25, 0.3) is 5.91 Å². The Balaban J connectivity index is 1.71. The van der Waals surface area contributed by atoms with Crippen molar-refractivity contribution in [2.45, 2.75) is 13.8 Å². The highest BCUT2D eigenvalue weighted by Gasteiger charge is 2.15. The Labute approximate surface area is 181 Å². The molecule has 0 saturated carbocycles. The molecule has 0 fully saturated rings. The quantitative estimate of drug-likeness (QED) is 0.344. The van der Waals surface area contributed by atoms with Crippen molar-refractivity contribution in [3.8, 4) is 17.0 Å². The highest BCUT2D eigenvalue weighted by atomic mass is 16.5. The lowest BCUT2D eigenvalue weighted by molar-refractivity contribution is 0.0956. The van der Waals surface area contributed by atoms with E-state index in [4.69, 9.17) is 9.72 Å². The van der Waals surface area contributed by atoms with E-state index in [1.54, 1.807) is 12.3 Å². The number of nitrogens with zero attached hydrogens (tertiary/aromatic N) is 2. The molecule has 0 aliphatic heterocycles. The van der Waals surface area contributed by atoms with Crippen LogP contribution in [0.2, 0.25) is 0 Å². The van der Waals surface area contributed by atoms with Gasteiger partial charge >= 0.3 is 0 Å². The molecule has 4 aromatic rings. The fourth-order valence-electron chi connectivity index (χ4n) is 3.44. The minimum atomic E-state index is -0.294. The predicted octanol–water partition coefficient (Wildman–Crippen LogP) is 5.37. The number of aryl methyl sites for hydroxylation is 1. The van der Waals surface area contributed by atoms with Crippen LogP contribution in [0.3, 0.4) is 0 Å². The minimum absolute atomic E-state index is 0.294. The van der Waals surface area contributed by atoms with Crippen molar-refractivity contribution in [3.63, 3.8) is 0 Å². The van der Waals surface area contributed by atoms with Gasteiger partial charge in [0.1, 0.15) is 5.75 Å². The zero-order valence-electron chi connectivity index (χ0n) is 17.5. The van der Waals surface area contributed by atoms with Gasteiger partial charge in [0.15, 0.2) is 0 Å². The molecule has 31 heavy (non-hydrogen) atoms. The number of para-hydroxylation sites is 2. The van der Waals surface area contributed by atoms with Crippen LogP contribution < -0.4 is 10.2 Å². The van der Waals surface area contributed by atoms with E-state index in [2.05, 4.69) is 10.5 Å². The molecule has 1 amide bonds. The number of carbonyl (C=O) groups is 1.